The normalized spacial score (nSPS) is 15.7. The Kier molecular flexibility index (Phi) is 7.57. The van der Waals surface area contributed by atoms with Crippen LogP contribution in [0.1, 0.15) is 0 Å². The monoisotopic (exact) mass is 412 g/mol. The fourth-order valence-electron chi connectivity index (χ4n) is 1.62. The molecule has 112 valence electrons. The van der Waals surface area contributed by atoms with Gasteiger partial charge in [-0.2, -0.15) is 0 Å². The molecular weight excluding hydrogens is 395 g/mol. The van der Waals surface area contributed by atoms with Crippen molar-refractivity contribution in [2.75, 3.05) is 26.2 Å². The van der Waals surface area contributed by atoms with Crippen LogP contribution in [-0.4, -0.2) is 43.4 Å². The van der Waals surface area contributed by atoms with E-state index in [0.717, 1.165) is 16.7 Å². The SMILES string of the molecule is Cl.O=C(NCC(O)COc1ccc(I)cc1)C1CNC1. The fraction of sp³-hybridized carbons (Fsp3) is 0.462. The average Bonchev–Trinajstić information content (AvgIpc) is 2.33. The zero-order valence-corrected chi connectivity index (χ0v) is 13.8. The van der Waals surface area contributed by atoms with Crippen molar-refractivity contribution in [2.24, 2.45) is 5.92 Å². The topological polar surface area (TPSA) is 70.6 Å². The van der Waals surface area contributed by atoms with Gasteiger partial charge >= 0.3 is 0 Å². The number of halogens is 2. The van der Waals surface area contributed by atoms with Gasteiger partial charge in [0.25, 0.3) is 0 Å². The van der Waals surface area contributed by atoms with E-state index in [-0.39, 0.29) is 37.4 Å². The highest BCUT2D eigenvalue weighted by Gasteiger charge is 2.24. The van der Waals surface area contributed by atoms with Gasteiger partial charge < -0.3 is 20.5 Å². The van der Waals surface area contributed by atoms with Crippen molar-refractivity contribution in [3.05, 3.63) is 27.8 Å². The molecule has 0 spiro atoms. The molecule has 1 aromatic rings. The first-order valence-corrected chi connectivity index (χ1v) is 7.28. The molecule has 5 nitrogen and oxygen atoms in total. The average molecular weight is 413 g/mol. The van der Waals surface area contributed by atoms with Crippen molar-refractivity contribution < 1.29 is 14.6 Å². The van der Waals surface area contributed by atoms with E-state index in [1.165, 1.54) is 0 Å². The van der Waals surface area contributed by atoms with Gasteiger partial charge in [0.2, 0.25) is 5.91 Å². The predicted molar refractivity (Wildman–Crippen MR) is 87.3 cm³/mol. The number of benzene rings is 1. The van der Waals surface area contributed by atoms with Crippen LogP contribution in [-0.2, 0) is 4.79 Å². The van der Waals surface area contributed by atoms with E-state index in [9.17, 15) is 9.90 Å². The highest BCUT2D eigenvalue weighted by Crippen LogP contribution is 2.13. The van der Waals surface area contributed by atoms with Gasteiger partial charge in [-0.1, -0.05) is 0 Å². The lowest BCUT2D eigenvalue weighted by Gasteiger charge is -2.26. The number of ether oxygens (including phenoxy) is 1. The maximum atomic E-state index is 11.5. The number of carbonyl (C=O) groups excluding carboxylic acids is 1. The molecular formula is C13H18ClIN2O3. The zero-order valence-electron chi connectivity index (χ0n) is 10.8. The summed E-state index contributed by atoms with van der Waals surface area (Å²) < 4.78 is 6.57. The third kappa shape index (κ3) is 5.43. The standard InChI is InChI=1S/C13H17IN2O3.ClH/c14-10-1-3-12(4-2-10)19-8-11(17)7-16-13(18)9-5-15-6-9;/h1-4,9,11,15,17H,5-8H2,(H,16,18);1H. The maximum Gasteiger partial charge on any atom is 0.225 e. The molecule has 1 atom stereocenters. The van der Waals surface area contributed by atoms with Crippen molar-refractivity contribution in [3.8, 4) is 5.75 Å². The van der Waals surface area contributed by atoms with Crippen LogP contribution in [0.15, 0.2) is 24.3 Å². The summed E-state index contributed by atoms with van der Waals surface area (Å²) >= 11 is 2.22. The van der Waals surface area contributed by atoms with E-state index in [1.54, 1.807) is 0 Å². The minimum absolute atomic E-state index is 0. The summed E-state index contributed by atoms with van der Waals surface area (Å²) in [6.07, 6.45) is -0.698. The van der Waals surface area contributed by atoms with Gasteiger partial charge in [-0.15, -0.1) is 12.4 Å². The molecule has 1 aliphatic rings. The second kappa shape index (κ2) is 8.66. The Morgan fingerprint density at radius 2 is 2.10 bits per heavy atom. The summed E-state index contributed by atoms with van der Waals surface area (Å²) in [5.74, 6) is 0.755. The van der Waals surface area contributed by atoms with Crippen molar-refractivity contribution >= 4 is 40.9 Å². The lowest BCUT2D eigenvalue weighted by molar-refractivity contribution is -0.126. The number of hydrogen-bond donors (Lipinski definition) is 3. The van der Waals surface area contributed by atoms with Gasteiger partial charge in [0, 0.05) is 23.2 Å². The van der Waals surface area contributed by atoms with Crippen LogP contribution in [0.4, 0.5) is 0 Å². The van der Waals surface area contributed by atoms with Crippen molar-refractivity contribution in [2.45, 2.75) is 6.10 Å². The Morgan fingerprint density at radius 3 is 2.65 bits per heavy atom. The highest BCUT2D eigenvalue weighted by atomic mass is 127. The summed E-state index contributed by atoms with van der Waals surface area (Å²) in [6.45, 7) is 1.84. The van der Waals surface area contributed by atoms with Gasteiger partial charge in [0.15, 0.2) is 0 Å². The smallest absolute Gasteiger partial charge is 0.225 e. The van der Waals surface area contributed by atoms with E-state index in [4.69, 9.17) is 4.74 Å². The molecule has 1 aliphatic heterocycles. The molecule has 7 heteroatoms. The number of aliphatic hydroxyl groups is 1. The van der Waals surface area contributed by atoms with E-state index < -0.39 is 6.10 Å². The predicted octanol–water partition coefficient (Wildman–Crippen LogP) is 0.788. The van der Waals surface area contributed by atoms with Gasteiger partial charge in [0.1, 0.15) is 18.5 Å². The Hall–Kier alpha value is -0.570. The largest absolute Gasteiger partial charge is 0.491 e. The van der Waals surface area contributed by atoms with Gasteiger partial charge in [-0.3, -0.25) is 4.79 Å². The second-order valence-electron chi connectivity index (χ2n) is 4.52. The number of nitrogens with one attached hydrogen (secondary N) is 2. The van der Waals surface area contributed by atoms with Crippen LogP contribution in [0.25, 0.3) is 0 Å². The Morgan fingerprint density at radius 1 is 1.45 bits per heavy atom. The van der Waals surface area contributed by atoms with E-state index in [0.29, 0.717) is 5.75 Å². The minimum Gasteiger partial charge on any atom is -0.491 e. The molecule has 1 aromatic carbocycles. The highest BCUT2D eigenvalue weighted by molar-refractivity contribution is 14.1. The maximum absolute atomic E-state index is 11.5. The molecule has 0 aromatic heterocycles. The van der Waals surface area contributed by atoms with Gasteiger partial charge in [-0.05, 0) is 46.9 Å². The summed E-state index contributed by atoms with van der Waals surface area (Å²) in [6, 6.07) is 7.58. The summed E-state index contributed by atoms with van der Waals surface area (Å²) in [4.78, 5) is 11.5. The molecule has 3 N–H and O–H groups in total. The van der Waals surface area contributed by atoms with Crippen molar-refractivity contribution in [1.82, 2.24) is 10.6 Å². The van der Waals surface area contributed by atoms with E-state index in [1.807, 2.05) is 24.3 Å². The first kappa shape index (κ1) is 17.5. The molecule has 20 heavy (non-hydrogen) atoms. The molecule has 0 radical (unpaired) electrons. The molecule has 1 fully saturated rings. The van der Waals surface area contributed by atoms with E-state index >= 15 is 0 Å². The van der Waals surface area contributed by atoms with Crippen molar-refractivity contribution in [3.63, 3.8) is 0 Å². The molecule has 2 rings (SSSR count). The van der Waals surface area contributed by atoms with Crippen LogP contribution in [0.3, 0.4) is 0 Å². The second-order valence-corrected chi connectivity index (χ2v) is 5.76. The molecule has 1 amide bonds. The fourth-order valence-corrected chi connectivity index (χ4v) is 1.98. The minimum atomic E-state index is -0.698. The van der Waals surface area contributed by atoms with Gasteiger partial charge in [0.05, 0.1) is 5.92 Å². The first-order valence-electron chi connectivity index (χ1n) is 6.20. The van der Waals surface area contributed by atoms with Crippen molar-refractivity contribution in [1.29, 1.82) is 0 Å². The summed E-state index contributed by atoms with van der Waals surface area (Å²) in [5, 5.41) is 15.5. The lowest BCUT2D eigenvalue weighted by Crippen LogP contribution is -2.52. The molecule has 1 saturated heterocycles. The Bertz CT molecular complexity index is 426. The van der Waals surface area contributed by atoms with Gasteiger partial charge in [-0.25, -0.2) is 0 Å². The Labute approximate surface area is 138 Å². The molecule has 0 aliphatic carbocycles. The first-order chi connectivity index (χ1) is 9.15. The van der Waals surface area contributed by atoms with Crippen LogP contribution >= 0.6 is 35.0 Å². The lowest BCUT2D eigenvalue weighted by atomic mass is 10.0. The third-order valence-corrected chi connectivity index (χ3v) is 3.64. The summed E-state index contributed by atoms with van der Waals surface area (Å²) in [5.41, 5.74) is 0. The van der Waals surface area contributed by atoms with E-state index in [2.05, 4.69) is 33.2 Å². The molecule has 1 heterocycles. The number of amides is 1. The number of aliphatic hydroxyl groups excluding tert-OH is 1. The number of hydrogen-bond acceptors (Lipinski definition) is 4. The Balaban J connectivity index is 0.00000200. The molecule has 0 saturated carbocycles. The zero-order chi connectivity index (χ0) is 13.7. The molecule has 1 unspecified atom stereocenters. The van der Waals surface area contributed by atoms with Crippen LogP contribution < -0.4 is 15.4 Å². The van der Waals surface area contributed by atoms with Crippen LogP contribution in [0.2, 0.25) is 0 Å². The number of carbonyl (C=O) groups is 1. The van der Waals surface area contributed by atoms with Crippen LogP contribution in [0.5, 0.6) is 5.75 Å². The van der Waals surface area contributed by atoms with Crippen LogP contribution in [0, 0.1) is 9.49 Å². The third-order valence-electron chi connectivity index (χ3n) is 2.92. The quantitative estimate of drug-likeness (QED) is 0.604. The number of rotatable bonds is 6. The molecule has 0 bridgehead atoms. The summed E-state index contributed by atoms with van der Waals surface area (Å²) in [7, 11) is 0.